The summed E-state index contributed by atoms with van der Waals surface area (Å²) >= 11 is 0. The molecule has 2 heterocycles. The SMILES string of the molecule is CCC(C)[C@@H](NC(=O)C1CCCN(S(=O)(=O)c2ccc(OC)cc2)C1)C(=O)NCc1ccco1. The summed E-state index contributed by atoms with van der Waals surface area (Å²) in [7, 11) is -2.23. The van der Waals surface area contributed by atoms with E-state index < -0.39 is 22.0 Å². The molecule has 1 saturated heterocycles. The number of carbonyl (C=O) groups excluding carboxylic acids is 2. The predicted molar refractivity (Wildman–Crippen MR) is 126 cm³/mol. The van der Waals surface area contributed by atoms with E-state index in [0.717, 1.165) is 0 Å². The number of ether oxygens (including phenoxy) is 1. The van der Waals surface area contributed by atoms with Crippen LogP contribution in [0.2, 0.25) is 0 Å². The number of furan rings is 1. The first-order valence-electron chi connectivity index (χ1n) is 11.5. The quantitative estimate of drug-likeness (QED) is 0.527. The Labute approximate surface area is 200 Å². The molecule has 9 nitrogen and oxygen atoms in total. The van der Waals surface area contributed by atoms with Crippen molar-refractivity contribution in [2.24, 2.45) is 11.8 Å². The molecular formula is C24H33N3O6S. The number of amides is 2. The molecule has 2 amide bonds. The van der Waals surface area contributed by atoms with E-state index in [9.17, 15) is 18.0 Å². The minimum atomic E-state index is -3.74. The van der Waals surface area contributed by atoms with Gasteiger partial charge in [-0.2, -0.15) is 4.31 Å². The van der Waals surface area contributed by atoms with Crippen molar-refractivity contribution in [3.05, 3.63) is 48.4 Å². The number of hydrogen-bond donors (Lipinski definition) is 2. The molecular weight excluding hydrogens is 458 g/mol. The summed E-state index contributed by atoms with van der Waals surface area (Å²) in [6, 6.07) is 8.97. The van der Waals surface area contributed by atoms with Gasteiger partial charge in [0.1, 0.15) is 17.6 Å². The lowest BCUT2D eigenvalue weighted by Gasteiger charge is -2.32. The minimum Gasteiger partial charge on any atom is -0.497 e. The summed E-state index contributed by atoms with van der Waals surface area (Å²) in [5, 5.41) is 5.68. The van der Waals surface area contributed by atoms with Gasteiger partial charge >= 0.3 is 0 Å². The molecule has 0 spiro atoms. The number of rotatable bonds is 10. The van der Waals surface area contributed by atoms with Crippen LogP contribution in [0, 0.1) is 11.8 Å². The van der Waals surface area contributed by atoms with E-state index >= 15 is 0 Å². The van der Waals surface area contributed by atoms with Crippen molar-refractivity contribution in [1.82, 2.24) is 14.9 Å². The standard InChI is InChI=1S/C24H33N3O6S/c1-4-17(2)22(24(29)25-15-20-8-6-14-33-20)26-23(28)18-7-5-13-27(16-18)34(30,31)21-11-9-19(32-3)10-12-21/h6,8-12,14,17-18,22H,4-5,7,13,15-16H2,1-3H3,(H,25,29)(H,26,28)/t17?,18?,22-/m1/s1. The molecule has 2 unspecified atom stereocenters. The third-order valence-electron chi connectivity index (χ3n) is 6.26. The molecule has 3 rings (SSSR count). The predicted octanol–water partition coefficient (Wildman–Crippen LogP) is 2.54. The Balaban J connectivity index is 1.66. The molecule has 0 aliphatic carbocycles. The monoisotopic (exact) mass is 491 g/mol. The first-order chi connectivity index (χ1) is 16.3. The molecule has 1 aromatic heterocycles. The topological polar surface area (TPSA) is 118 Å². The van der Waals surface area contributed by atoms with E-state index in [4.69, 9.17) is 9.15 Å². The Morgan fingerprint density at radius 1 is 1.24 bits per heavy atom. The van der Waals surface area contributed by atoms with E-state index in [0.29, 0.717) is 37.3 Å². The van der Waals surface area contributed by atoms with Gasteiger partial charge in [-0.05, 0) is 55.2 Å². The number of nitrogens with zero attached hydrogens (tertiary/aromatic N) is 1. The van der Waals surface area contributed by atoms with Crippen LogP contribution in [-0.2, 0) is 26.2 Å². The molecule has 1 aromatic carbocycles. The fourth-order valence-corrected chi connectivity index (χ4v) is 5.47. The Morgan fingerprint density at radius 2 is 1.97 bits per heavy atom. The molecule has 34 heavy (non-hydrogen) atoms. The highest BCUT2D eigenvalue weighted by Gasteiger charge is 2.35. The second-order valence-electron chi connectivity index (χ2n) is 8.55. The van der Waals surface area contributed by atoms with Crippen LogP contribution < -0.4 is 15.4 Å². The molecule has 0 radical (unpaired) electrons. The van der Waals surface area contributed by atoms with Crippen molar-refractivity contribution in [1.29, 1.82) is 0 Å². The lowest BCUT2D eigenvalue weighted by molar-refractivity contribution is -0.133. The molecule has 0 saturated carbocycles. The molecule has 2 aromatic rings. The Hall–Kier alpha value is -2.85. The Kier molecular flexibility index (Phi) is 8.73. The van der Waals surface area contributed by atoms with Crippen LogP contribution >= 0.6 is 0 Å². The minimum absolute atomic E-state index is 0.0709. The van der Waals surface area contributed by atoms with Gasteiger partial charge in [0.15, 0.2) is 0 Å². The van der Waals surface area contributed by atoms with E-state index in [1.807, 2.05) is 13.8 Å². The first kappa shape index (κ1) is 25.8. The van der Waals surface area contributed by atoms with E-state index in [-0.39, 0.29) is 35.7 Å². The van der Waals surface area contributed by atoms with Gasteiger partial charge in [-0.1, -0.05) is 20.3 Å². The van der Waals surface area contributed by atoms with Gasteiger partial charge < -0.3 is 19.8 Å². The van der Waals surface area contributed by atoms with Crippen LogP contribution in [0.15, 0.2) is 52.0 Å². The number of carbonyl (C=O) groups is 2. The van der Waals surface area contributed by atoms with Gasteiger partial charge in [-0.15, -0.1) is 0 Å². The summed E-state index contributed by atoms with van der Waals surface area (Å²) in [5.74, 6) is -0.0503. The zero-order chi connectivity index (χ0) is 24.7. The lowest BCUT2D eigenvalue weighted by atomic mass is 9.95. The van der Waals surface area contributed by atoms with Crippen molar-refractivity contribution in [3.8, 4) is 5.75 Å². The zero-order valence-corrected chi connectivity index (χ0v) is 20.6. The molecule has 0 bridgehead atoms. The van der Waals surface area contributed by atoms with E-state index in [2.05, 4.69) is 10.6 Å². The average Bonchev–Trinajstić information content (AvgIpc) is 3.39. The fraction of sp³-hybridized carbons (Fsp3) is 0.500. The molecule has 10 heteroatoms. The maximum absolute atomic E-state index is 13.1. The molecule has 186 valence electrons. The highest BCUT2D eigenvalue weighted by atomic mass is 32.2. The maximum atomic E-state index is 13.1. The molecule has 3 atom stereocenters. The first-order valence-corrected chi connectivity index (χ1v) is 12.9. The molecule has 1 fully saturated rings. The largest absolute Gasteiger partial charge is 0.497 e. The summed E-state index contributed by atoms with van der Waals surface area (Å²) < 4.78 is 37.9. The maximum Gasteiger partial charge on any atom is 0.243 e. The van der Waals surface area contributed by atoms with Gasteiger partial charge in [0.2, 0.25) is 21.8 Å². The van der Waals surface area contributed by atoms with Gasteiger partial charge in [0.05, 0.1) is 30.7 Å². The van der Waals surface area contributed by atoms with Crippen molar-refractivity contribution in [3.63, 3.8) is 0 Å². The Morgan fingerprint density at radius 3 is 2.59 bits per heavy atom. The fourth-order valence-electron chi connectivity index (χ4n) is 3.94. The van der Waals surface area contributed by atoms with Crippen LogP contribution in [-0.4, -0.2) is 50.8 Å². The van der Waals surface area contributed by atoms with Crippen molar-refractivity contribution >= 4 is 21.8 Å². The summed E-state index contributed by atoms with van der Waals surface area (Å²) in [6.45, 7) is 4.50. The van der Waals surface area contributed by atoms with E-state index in [1.165, 1.54) is 29.8 Å². The summed E-state index contributed by atoms with van der Waals surface area (Å²) in [5.41, 5.74) is 0. The van der Waals surface area contributed by atoms with Gasteiger partial charge in [0.25, 0.3) is 0 Å². The third-order valence-corrected chi connectivity index (χ3v) is 8.14. The number of nitrogens with one attached hydrogen (secondary N) is 2. The van der Waals surface area contributed by atoms with Crippen molar-refractivity contribution < 1.29 is 27.2 Å². The normalized spacial score (nSPS) is 18.6. The number of piperidine rings is 1. The van der Waals surface area contributed by atoms with Crippen LogP contribution in [0.1, 0.15) is 38.9 Å². The van der Waals surface area contributed by atoms with Gasteiger partial charge in [0, 0.05) is 13.1 Å². The smallest absolute Gasteiger partial charge is 0.243 e. The van der Waals surface area contributed by atoms with Crippen LogP contribution in [0.5, 0.6) is 5.75 Å². The number of benzene rings is 1. The second kappa shape index (κ2) is 11.5. The number of sulfonamides is 1. The lowest BCUT2D eigenvalue weighted by Crippen LogP contribution is -2.53. The van der Waals surface area contributed by atoms with Gasteiger partial charge in [-0.25, -0.2) is 8.42 Å². The highest BCUT2D eigenvalue weighted by Crippen LogP contribution is 2.25. The zero-order valence-electron chi connectivity index (χ0n) is 19.8. The average molecular weight is 492 g/mol. The highest BCUT2D eigenvalue weighted by molar-refractivity contribution is 7.89. The number of methoxy groups -OCH3 is 1. The van der Waals surface area contributed by atoms with Crippen molar-refractivity contribution in [2.45, 2.75) is 50.6 Å². The molecule has 1 aliphatic rings. The van der Waals surface area contributed by atoms with Crippen LogP contribution in [0.3, 0.4) is 0 Å². The van der Waals surface area contributed by atoms with Gasteiger partial charge in [-0.3, -0.25) is 9.59 Å². The number of hydrogen-bond acceptors (Lipinski definition) is 6. The second-order valence-corrected chi connectivity index (χ2v) is 10.5. The molecule has 1 aliphatic heterocycles. The van der Waals surface area contributed by atoms with E-state index in [1.54, 1.807) is 24.3 Å². The Bertz CT molecular complexity index is 1050. The van der Waals surface area contributed by atoms with Crippen LogP contribution in [0.4, 0.5) is 0 Å². The molecule has 2 N–H and O–H groups in total. The van der Waals surface area contributed by atoms with Crippen molar-refractivity contribution in [2.75, 3.05) is 20.2 Å². The van der Waals surface area contributed by atoms with Crippen LogP contribution in [0.25, 0.3) is 0 Å². The summed E-state index contributed by atoms with van der Waals surface area (Å²) in [6.07, 6.45) is 3.35. The third kappa shape index (κ3) is 6.18. The summed E-state index contributed by atoms with van der Waals surface area (Å²) in [4.78, 5) is 26.1.